The van der Waals surface area contributed by atoms with E-state index in [9.17, 15) is 0 Å². The zero-order valence-corrected chi connectivity index (χ0v) is 47.9. The monoisotopic (exact) mass is 1160 g/mol. The Labute approximate surface area is 455 Å². The largest absolute Gasteiger partial charge is 0.508 e. The Hall–Kier alpha value is -5.64. The summed E-state index contributed by atoms with van der Waals surface area (Å²) in [5, 5.41) is 1.51. The molecule has 0 bridgehead atoms. The topological polar surface area (TPSA) is 74.1 Å². The molecule has 5 heterocycles. The molecule has 0 amide bonds. The fourth-order valence-corrected chi connectivity index (χ4v) is 9.62. The standard InChI is InChI=1S/C61H67B3N5O4.Pt/c1-57(2,3)41-29-30-66-55(34-41)69-51-24-17-16-21-48(51)49-28-27-45(36-54(49)69)70-46-35-44(37-65-38-46)67-39-68(53-26-19-18-25-52(53)67)56-47(40-31-42(58(4,5)6)33-43(32-40)59(7,8)9)22-20-23-50(56)62-71-63(60(10,11)12)73-64(72-62)61(13,14)15;/h16-34,37-39H,1-15H3;/q-3;. The van der Waals surface area contributed by atoms with Crippen LogP contribution in [0.3, 0.4) is 0 Å². The van der Waals surface area contributed by atoms with Crippen LogP contribution in [0.15, 0.2) is 128 Å². The van der Waals surface area contributed by atoms with E-state index in [1.807, 2.05) is 18.5 Å². The van der Waals surface area contributed by atoms with Crippen LogP contribution in [0, 0.1) is 18.8 Å². The van der Waals surface area contributed by atoms with Crippen LogP contribution in [0.25, 0.3) is 38.8 Å². The normalized spacial score (nSPS) is 14.8. The van der Waals surface area contributed by atoms with Crippen molar-refractivity contribution in [1.29, 1.82) is 0 Å². The van der Waals surface area contributed by atoms with Crippen LogP contribution >= 0.6 is 0 Å². The SMILES string of the molecule is CC(C)(C)B1OB(c2cccc(-c3cc(C(C)(C)C)cc(C(C)(C)C)c3)c2N2[CH-]N(c3[c-]c(Oc4[c-]c5c(cc4)c4ccccc4n5-c4cc(C(C)(C)C)ccn4)cnc3)c3ccccc32)OB(C(C)(C)C)O1.[Pt]. The third kappa shape index (κ3) is 10.4. The van der Waals surface area contributed by atoms with E-state index in [1.54, 1.807) is 6.20 Å². The molecule has 1 saturated heterocycles. The zero-order chi connectivity index (χ0) is 52.0. The smallest absolute Gasteiger partial charge is 0.468 e. The van der Waals surface area contributed by atoms with Gasteiger partial charge < -0.3 is 37.8 Å². The van der Waals surface area contributed by atoms with Crippen LogP contribution in [-0.4, -0.2) is 35.9 Å². The second-order valence-electron chi connectivity index (χ2n) is 25.0. The number of anilines is 4. The molecule has 382 valence electrons. The summed E-state index contributed by atoms with van der Waals surface area (Å²) in [6.07, 6.45) is 5.41. The van der Waals surface area contributed by atoms with Crippen molar-refractivity contribution in [3.8, 4) is 28.4 Å². The van der Waals surface area contributed by atoms with Crippen LogP contribution in [0.1, 0.15) is 121 Å². The Balaban J connectivity index is 0.00000672. The van der Waals surface area contributed by atoms with Crippen molar-refractivity contribution in [1.82, 2.24) is 14.5 Å². The number of fused-ring (bicyclic) bond motifs is 4. The number of benzene rings is 5. The van der Waals surface area contributed by atoms with Gasteiger partial charge >= 0.3 is 21.4 Å². The van der Waals surface area contributed by atoms with Gasteiger partial charge in [-0.15, -0.1) is 30.3 Å². The Morgan fingerprint density at radius 2 is 1.19 bits per heavy atom. The molecular formula is C61H67B3N5O4Pt-3. The van der Waals surface area contributed by atoms with Gasteiger partial charge in [0.05, 0.1) is 0 Å². The van der Waals surface area contributed by atoms with Crippen LogP contribution in [0.5, 0.6) is 11.5 Å². The number of hydrogen-bond acceptors (Lipinski definition) is 8. The molecule has 0 atom stereocenters. The van der Waals surface area contributed by atoms with E-state index in [-0.39, 0.29) is 47.9 Å². The summed E-state index contributed by atoms with van der Waals surface area (Å²) in [4.78, 5) is 14.0. The molecule has 8 aromatic rings. The minimum absolute atomic E-state index is 0. The maximum atomic E-state index is 6.94. The van der Waals surface area contributed by atoms with Gasteiger partial charge in [-0.2, -0.15) is 6.07 Å². The van der Waals surface area contributed by atoms with Crippen molar-refractivity contribution in [2.75, 3.05) is 9.80 Å². The van der Waals surface area contributed by atoms with Crippen LogP contribution in [0.4, 0.5) is 22.7 Å². The average Bonchev–Trinajstić information content (AvgIpc) is 3.88. The maximum Gasteiger partial charge on any atom is 0.468 e. The molecule has 0 unspecified atom stereocenters. The maximum absolute atomic E-state index is 6.94. The van der Waals surface area contributed by atoms with Crippen molar-refractivity contribution in [2.45, 2.75) is 131 Å². The molecule has 9 nitrogen and oxygen atoms in total. The number of rotatable bonds is 7. The Morgan fingerprint density at radius 3 is 1.82 bits per heavy atom. The van der Waals surface area contributed by atoms with Crippen molar-refractivity contribution in [3.63, 3.8) is 0 Å². The summed E-state index contributed by atoms with van der Waals surface area (Å²) in [6, 6.07) is 45.9. The quantitative estimate of drug-likeness (QED) is 0.115. The minimum Gasteiger partial charge on any atom is -0.508 e. The number of para-hydroxylation sites is 4. The van der Waals surface area contributed by atoms with Crippen molar-refractivity contribution in [2.24, 2.45) is 0 Å². The molecule has 5 aromatic carbocycles. The first-order valence-corrected chi connectivity index (χ1v) is 25.6. The van der Waals surface area contributed by atoms with Crippen molar-refractivity contribution in [3.05, 3.63) is 163 Å². The van der Waals surface area contributed by atoms with Gasteiger partial charge in [-0.3, -0.25) is 0 Å². The predicted molar refractivity (Wildman–Crippen MR) is 303 cm³/mol. The summed E-state index contributed by atoms with van der Waals surface area (Å²) >= 11 is 0. The molecule has 10 rings (SSSR count). The van der Waals surface area contributed by atoms with E-state index in [2.05, 4.69) is 240 Å². The molecule has 0 saturated carbocycles. The zero-order valence-electron chi connectivity index (χ0n) is 45.6. The van der Waals surface area contributed by atoms with E-state index in [0.717, 1.165) is 61.3 Å². The summed E-state index contributed by atoms with van der Waals surface area (Å²) < 4.78 is 29.3. The average molecular weight is 1160 g/mol. The first-order valence-electron chi connectivity index (χ1n) is 25.6. The molecular weight excluding hydrogens is 1090 g/mol. The molecule has 3 aromatic heterocycles. The van der Waals surface area contributed by atoms with Crippen LogP contribution in [0.2, 0.25) is 10.6 Å². The van der Waals surface area contributed by atoms with Gasteiger partial charge in [-0.05, 0) is 91.0 Å². The second-order valence-corrected chi connectivity index (χ2v) is 25.0. The van der Waals surface area contributed by atoms with Gasteiger partial charge in [0.25, 0.3) is 0 Å². The first-order chi connectivity index (χ1) is 34.3. The van der Waals surface area contributed by atoms with E-state index in [4.69, 9.17) is 28.4 Å². The summed E-state index contributed by atoms with van der Waals surface area (Å²) in [5.41, 5.74) is 12.0. The molecule has 2 aliphatic rings. The summed E-state index contributed by atoms with van der Waals surface area (Å²) in [5.74, 6) is 1.82. The Kier molecular flexibility index (Phi) is 14.0. The molecule has 0 N–H and O–H groups in total. The molecule has 74 heavy (non-hydrogen) atoms. The molecule has 1 fully saturated rings. The summed E-state index contributed by atoms with van der Waals surface area (Å²) in [7, 11) is -1.82. The third-order valence-electron chi connectivity index (χ3n) is 13.8. The molecule has 2 aliphatic heterocycles. The van der Waals surface area contributed by atoms with E-state index in [0.29, 0.717) is 17.2 Å². The number of pyridine rings is 2. The van der Waals surface area contributed by atoms with Gasteiger partial charge in [0, 0.05) is 72.4 Å². The van der Waals surface area contributed by atoms with Gasteiger partial charge in [0.2, 0.25) is 0 Å². The van der Waals surface area contributed by atoms with Crippen LogP contribution < -0.4 is 20.0 Å². The predicted octanol–water partition coefficient (Wildman–Crippen LogP) is 15.3. The van der Waals surface area contributed by atoms with Gasteiger partial charge in [-0.25, -0.2) is 4.98 Å². The van der Waals surface area contributed by atoms with E-state index < -0.39 is 21.4 Å². The number of aromatic nitrogens is 3. The van der Waals surface area contributed by atoms with Crippen molar-refractivity contribution < 1.29 is 39.5 Å². The van der Waals surface area contributed by atoms with Gasteiger partial charge in [0.15, 0.2) is 0 Å². The molecule has 0 radical (unpaired) electrons. The summed E-state index contributed by atoms with van der Waals surface area (Å²) in [6.45, 7) is 35.4. The molecule has 0 aliphatic carbocycles. The first kappa shape index (κ1) is 53.2. The molecule has 13 heteroatoms. The van der Waals surface area contributed by atoms with Crippen LogP contribution in [-0.2, 0) is 51.0 Å². The third-order valence-corrected chi connectivity index (χ3v) is 13.8. The molecule has 0 spiro atoms. The Morgan fingerprint density at radius 1 is 0.568 bits per heavy atom. The fourth-order valence-electron chi connectivity index (χ4n) is 9.62. The van der Waals surface area contributed by atoms with Crippen molar-refractivity contribution >= 4 is 71.4 Å². The fraction of sp³-hybridized carbons (Fsp3) is 0.328. The van der Waals surface area contributed by atoms with E-state index in [1.165, 1.54) is 16.7 Å². The van der Waals surface area contributed by atoms with Gasteiger partial charge in [0.1, 0.15) is 5.82 Å². The number of nitrogens with zero attached hydrogens (tertiary/aromatic N) is 5. The van der Waals surface area contributed by atoms with E-state index >= 15 is 0 Å². The number of ether oxygens (including phenoxy) is 1. The Bertz CT molecular complexity index is 3330. The number of hydrogen-bond donors (Lipinski definition) is 0. The minimum atomic E-state index is -0.755. The second kappa shape index (κ2) is 19.5. The van der Waals surface area contributed by atoms with Gasteiger partial charge in [-0.1, -0.05) is 188 Å².